The van der Waals surface area contributed by atoms with Gasteiger partial charge in [-0.05, 0) is 42.4 Å². The summed E-state index contributed by atoms with van der Waals surface area (Å²) in [4.78, 5) is 0. The first kappa shape index (κ1) is 8.59. The molecule has 0 aliphatic heterocycles. The smallest absolute Gasteiger partial charge is 0.0321 e. The maximum absolute atomic E-state index is 2.46. The van der Waals surface area contributed by atoms with E-state index in [1.54, 1.807) is 12.8 Å². The summed E-state index contributed by atoms with van der Waals surface area (Å²) in [7, 11) is 0. The fraction of sp³-hybridized carbons (Fsp3) is 1.00. The van der Waals surface area contributed by atoms with Gasteiger partial charge in [-0.15, -0.1) is 0 Å². The molecule has 0 aromatic heterocycles. The Morgan fingerprint density at radius 2 is 2.00 bits per heavy atom. The van der Waals surface area contributed by atoms with Gasteiger partial charge >= 0.3 is 0 Å². The van der Waals surface area contributed by atoms with Crippen LogP contribution in [0.4, 0.5) is 0 Å². The van der Waals surface area contributed by atoms with E-state index in [1.807, 2.05) is 0 Å². The Kier molecular flexibility index (Phi) is 2.18. The summed E-state index contributed by atoms with van der Waals surface area (Å²) in [5.74, 6) is 5.55. The van der Waals surface area contributed by atoms with Crippen molar-refractivity contribution in [3.8, 4) is 0 Å². The highest BCUT2D eigenvalue weighted by Crippen LogP contribution is 2.63. The highest BCUT2D eigenvalue weighted by molar-refractivity contribution is 5.05. The molecule has 0 bridgehead atoms. The van der Waals surface area contributed by atoms with Gasteiger partial charge in [0.05, 0.1) is 0 Å². The zero-order valence-corrected chi connectivity index (χ0v) is 8.72. The van der Waals surface area contributed by atoms with Gasteiger partial charge in [-0.3, -0.25) is 0 Å². The minimum absolute atomic E-state index is 0.997. The van der Waals surface area contributed by atoms with Crippen LogP contribution in [0.15, 0.2) is 0 Å². The highest BCUT2D eigenvalue weighted by atomic mass is 14.6. The summed E-state index contributed by atoms with van der Waals surface area (Å²) in [5, 5.41) is 0. The second-order valence-corrected chi connectivity index (χ2v) is 4.94. The van der Waals surface area contributed by atoms with Crippen molar-refractivity contribution >= 4 is 0 Å². The lowest BCUT2D eigenvalue weighted by atomic mass is 9.86. The van der Waals surface area contributed by atoms with Crippen LogP contribution in [0.1, 0.15) is 46.5 Å². The van der Waals surface area contributed by atoms with Crippen LogP contribution in [0, 0.1) is 29.6 Å². The van der Waals surface area contributed by atoms with Crippen LogP contribution in [-0.2, 0) is 0 Å². The molecule has 0 aromatic rings. The van der Waals surface area contributed by atoms with Gasteiger partial charge in [-0.1, -0.05) is 33.6 Å². The number of rotatable bonds is 3. The molecule has 0 amide bonds. The van der Waals surface area contributed by atoms with E-state index < -0.39 is 0 Å². The average molecular weight is 166 g/mol. The molecule has 0 heteroatoms. The zero-order valence-electron chi connectivity index (χ0n) is 8.72. The molecule has 5 unspecified atom stereocenters. The van der Waals surface area contributed by atoms with Crippen molar-refractivity contribution in [1.29, 1.82) is 0 Å². The molecule has 2 aliphatic rings. The van der Waals surface area contributed by atoms with Gasteiger partial charge < -0.3 is 0 Å². The molecular weight excluding hydrogens is 144 g/mol. The molecule has 0 spiro atoms. The Bertz CT molecular complexity index is 157. The summed E-state index contributed by atoms with van der Waals surface area (Å²) >= 11 is 0. The van der Waals surface area contributed by atoms with E-state index in [9.17, 15) is 0 Å². The first-order chi connectivity index (χ1) is 5.79. The maximum Gasteiger partial charge on any atom is -0.0321 e. The van der Waals surface area contributed by atoms with E-state index >= 15 is 0 Å². The predicted molar refractivity (Wildman–Crippen MR) is 52.9 cm³/mol. The minimum Gasteiger partial charge on any atom is -0.0651 e. The van der Waals surface area contributed by atoms with Crippen LogP contribution in [-0.4, -0.2) is 0 Å². The molecule has 0 heterocycles. The Hall–Kier alpha value is 0. The Morgan fingerprint density at radius 1 is 1.25 bits per heavy atom. The van der Waals surface area contributed by atoms with Crippen LogP contribution in [0.25, 0.3) is 0 Å². The molecule has 0 radical (unpaired) electrons. The van der Waals surface area contributed by atoms with Crippen molar-refractivity contribution in [3.63, 3.8) is 0 Å². The summed E-state index contributed by atoms with van der Waals surface area (Å²) in [6.45, 7) is 7.18. The van der Waals surface area contributed by atoms with Crippen molar-refractivity contribution in [3.05, 3.63) is 0 Å². The fourth-order valence-corrected chi connectivity index (χ4v) is 3.64. The molecule has 2 rings (SSSR count). The normalized spacial score (nSPS) is 47.2. The van der Waals surface area contributed by atoms with Gasteiger partial charge in [-0.25, -0.2) is 0 Å². The monoisotopic (exact) mass is 166 g/mol. The molecule has 0 saturated heterocycles. The quantitative estimate of drug-likeness (QED) is 0.599. The second kappa shape index (κ2) is 3.05. The van der Waals surface area contributed by atoms with Gasteiger partial charge in [0.2, 0.25) is 0 Å². The van der Waals surface area contributed by atoms with Crippen LogP contribution in [0.3, 0.4) is 0 Å². The number of hydrogen-bond acceptors (Lipinski definition) is 0. The van der Waals surface area contributed by atoms with Gasteiger partial charge in [0, 0.05) is 0 Å². The van der Waals surface area contributed by atoms with Crippen molar-refractivity contribution in [2.45, 2.75) is 46.5 Å². The standard InChI is InChI=1S/C12H22/c1-4-8(3)10-6-7-11-9(5-2)12(10)11/h8-12H,4-7H2,1-3H3. The molecule has 0 nitrogen and oxygen atoms in total. The SMILES string of the molecule is CCC(C)C1CCC2C(CC)C12. The van der Waals surface area contributed by atoms with Crippen molar-refractivity contribution < 1.29 is 0 Å². The van der Waals surface area contributed by atoms with E-state index in [0.29, 0.717) is 0 Å². The van der Waals surface area contributed by atoms with Crippen molar-refractivity contribution in [2.75, 3.05) is 0 Å². The molecule has 0 N–H and O–H groups in total. The van der Waals surface area contributed by atoms with E-state index in [-0.39, 0.29) is 0 Å². The van der Waals surface area contributed by atoms with E-state index in [2.05, 4.69) is 20.8 Å². The molecular formula is C12H22. The van der Waals surface area contributed by atoms with Gasteiger partial charge in [0.25, 0.3) is 0 Å². The van der Waals surface area contributed by atoms with E-state index in [1.165, 1.54) is 12.8 Å². The van der Waals surface area contributed by atoms with E-state index in [4.69, 9.17) is 0 Å². The lowest BCUT2D eigenvalue weighted by Gasteiger charge is -2.20. The van der Waals surface area contributed by atoms with Crippen LogP contribution in [0.5, 0.6) is 0 Å². The molecule has 2 saturated carbocycles. The van der Waals surface area contributed by atoms with Crippen LogP contribution >= 0.6 is 0 Å². The first-order valence-electron chi connectivity index (χ1n) is 5.79. The molecule has 2 fully saturated rings. The second-order valence-electron chi connectivity index (χ2n) is 4.94. The van der Waals surface area contributed by atoms with Crippen molar-refractivity contribution in [2.24, 2.45) is 29.6 Å². The lowest BCUT2D eigenvalue weighted by Crippen LogP contribution is -2.12. The highest BCUT2D eigenvalue weighted by Gasteiger charge is 2.56. The molecule has 70 valence electrons. The molecule has 2 aliphatic carbocycles. The van der Waals surface area contributed by atoms with Crippen LogP contribution in [0.2, 0.25) is 0 Å². The predicted octanol–water partition coefficient (Wildman–Crippen LogP) is 3.71. The minimum atomic E-state index is 0.997. The molecule has 0 aromatic carbocycles. The first-order valence-corrected chi connectivity index (χ1v) is 5.79. The number of hydrogen-bond donors (Lipinski definition) is 0. The summed E-state index contributed by atoms with van der Waals surface area (Å²) in [5.41, 5.74) is 0. The zero-order chi connectivity index (χ0) is 8.72. The van der Waals surface area contributed by atoms with E-state index in [0.717, 1.165) is 29.6 Å². The third kappa shape index (κ3) is 1.11. The van der Waals surface area contributed by atoms with Crippen molar-refractivity contribution in [1.82, 2.24) is 0 Å². The topological polar surface area (TPSA) is 0 Å². The third-order valence-corrected chi connectivity index (χ3v) is 4.57. The lowest BCUT2D eigenvalue weighted by molar-refractivity contribution is 0.298. The Labute approximate surface area is 76.7 Å². The summed E-state index contributed by atoms with van der Waals surface area (Å²) < 4.78 is 0. The Morgan fingerprint density at radius 3 is 2.50 bits per heavy atom. The third-order valence-electron chi connectivity index (χ3n) is 4.57. The number of fused-ring (bicyclic) bond motifs is 1. The molecule has 5 atom stereocenters. The summed E-state index contributed by atoms with van der Waals surface area (Å²) in [6, 6.07) is 0. The fourth-order valence-electron chi connectivity index (χ4n) is 3.64. The van der Waals surface area contributed by atoms with Gasteiger partial charge in [0.1, 0.15) is 0 Å². The van der Waals surface area contributed by atoms with Gasteiger partial charge in [0.15, 0.2) is 0 Å². The molecule has 12 heavy (non-hydrogen) atoms. The van der Waals surface area contributed by atoms with Crippen LogP contribution < -0.4 is 0 Å². The van der Waals surface area contributed by atoms with Gasteiger partial charge in [-0.2, -0.15) is 0 Å². The maximum atomic E-state index is 2.46. The Balaban J connectivity index is 1.93. The largest absolute Gasteiger partial charge is 0.0651 e. The summed E-state index contributed by atoms with van der Waals surface area (Å²) in [6.07, 6.45) is 5.94. The average Bonchev–Trinajstić information content (AvgIpc) is 2.63.